The summed E-state index contributed by atoms with van der Waals surface area (Å²) in [5.74, 6) is 4.35. The molecule has 5 heteroatoms. The number of rotatable bonds is 1. The second kappa shape index (κ2) is 17.8. The van der Waals surface area contributed by atoms with Crippen molar-refractivity contribution in [2.24, 2.45) is 5.84 Å². The van der Waals surface area contributed by atoms with Crippen molar-refractivity contribution in [3.05, 3.63) is 0 Å². The number of nitrogens with one attached hydrogen (secondary N) is 1. The molecule has 0 aromatic carbocycles. The van der Waals surface area contributed by atoms with Crippen molar-refractivity contribution in [1.29, 1.82) is 0 Å². The van der Waals surface area contributed by atoms with Crippen molar-refractivity contribution >= 4 is 6.41 Å². The van der Waals surface area contributed by atoms with Crippen LogP contribution in [0, 0.1) is 0 Å². The van der Waals surface area contributed by atoms with E-state index in [1.807, 2.05) is 0 Å². The Balaban J connectivity index is -0.0000000450. The summed E-state index contributed by atoms with van der Waals surface area (Å²) in [4.78, 5) is 8.81. The first-order chi connectivity index (χ1) is 1.91. The summed E-state index contributed by atoms with van der Waals surface area (Å²) >= 11 is 0. The molecule has 0 heterocycles. The molecular formula is CH5N2O2Y-. The summed E-state index contributed by atoms with van der Waals surface area (Å²) in [5.41, 5.74) is 1.62. The summed E-state index contributed by atoms with van der Waals surface area (Å²) in [6, 6.07) is 0. The third kappa shape index (κ3) is 24.6. The zero-order valence-corrected chi connectivity index (χ0v) is 5.90. The molecule has 0 unspecified atom stereocenters. The molecule has 0 atom stereocenters. The summed E-state index contributed by atoms with van der Waals surface area (Å²) in [6.45, 7) is 0. The molecule has 0 rings (SSSR count). The number of nitrogens with two attached hydrogens (primary N) is 1. The molecule has 0 fully saturated rings. The van der Waals surface area contributed by atoms with Gasteiger partial charge in [0.2, 0.25) is 0 Å². The van der Waals surface area contributed by atoms with E-state index in [-0.39, 0.29) is 38.2 Å². The minimum Gasteiger partial charge on any atom is -0.519 e. The van der Waals surface area contributed by atoms with Crippen LogP contribution in [0.25, 0.3) is 0 Å². The molecular weight excluding hydrogens is 161 g/mol. The number of amides is 1. The smallest absolute Gasteiger partial charge is 0 e. The molecule has 0 saturated heterocycles. The second-order valence-electron chi connectivity index (χ2n) is 0.246. The van der Waals surface area contributed by atoms with Crippen LogP contribution in [0.2, 0.25) is 0 Å². The maximum absolute atomic E-state index is 8.81. The molecule has 1 amide bonds. The van der Waals surface area contributed by atoms with E-state index >= 15 is 0 Å². The first kappa shape index (κ1) is 16.1. The summed E-state index contributed by atoms with van der Waals surface area (Å²) in [6.07, 6.45) is 1.21. The van der Waals surface area contributed by atoms with Crippen molar-refractivity contribution in [2.45, 2.75) is 0 Å². The summed E-state index contributed by atoms with van der Waals surface area (Å²) in [7, 11) is 0. The zero-order chi connectivity index (χ0) is 3.41. The molecule has 0 spiro atoms. The van der Waals surface area contributed by atoms with E-state index in [1.54, 1.807) is 5.43 Å². The monoisotopic (exact) mass is 166 g/mol. The van der Waals surface area contributed by atoms with Gasteiger partial charge in [-0.2, -0.15) is 6.41 Å². The average molecular weight is 166 g/mol. The fourth-order valence-corrected chi connectivity index (χ4v) is 0. The van der Waals surface area contributed by atoms with E-state index in [1.165, 1.54) is 6.41 Å². The van der Waals surface area contributed by atoms with E-state index in [0.717, 1.165) is 0 Å². The van der Waals surface area contributed by atoms with Crippen LogP contribution < -0.4 is 11.3 Å². The molecule has 5 N–H and O–H groups in total. The Bertz CT molecular complexity index is 25.5. The van der Waals surface area contributed by atoms with Crippen molar-refractivity contribution in [3.8, 4) is 0 Å². The minimum absolute atomic E-state index is 0. The maximum Gasteiger partial charge on any atom is 0 e. The average Bonchev–Trinajstić information content (AvgIpc) is 1.37. The van der Waals surface area contributed by atoms with Crippen molar-refractivity contribution in [2.75, 3.05) is 0 Å². The van der Waals surface area contributed by atoms with Gasteiger partial charge in [-0.05, 0) is 0 Å². The number of hydrogen-bond acceptors (Lipinski definition) is 2. The van der Waals surface area contributed by atoms with Crippen LogP contribution >= 0.6 is 0 Å². The first-order valence-electron chi connectivity index (χ1n) is 0.743. The van der Waals surface area contributed by atoms with Gasteiger partial charge in [0.1, 0.15) is 0 Å². The fraction of sp³-hybridized carbons (Fsp3) is 0. The van der Waals surface area contributed by atoms with Crippen molar-refractivity contribution in [3.63, 3.8) is 0 Å². The summed E-state index contributed by atoms with van der Waals surface area (Å²) in [5, 5.41) is 0. The number of carbonyl (C=O) groups excluding carboxylic acids is 1. The van der Waals surface area contributed by atoms with Gasteiger partial charge in [0.05, 0.1) is 0 Å². The third-order valence-electron chi connectivity index (χ3n) is 0.0589. The standard InChI is InChI=1S/CH3N2O.H2O.Y/c2-3-1-4;;/h2H2,(H,3,4);1H2;/q-1;;. The van der Waals surface area contributed by atoms with Gasteiger partial charge in [-0.15, -0.1) is 0 Å². The van der Waals surface area contributed by atoms with Gasteiger partial charge in [-0.1, -0.05) is 0 Å². The molecule has 0 aliphatic heterocycles. The van der Waals surface area contributed by atoms with Gasteiger partial charge >= 0.3 is 0 Å². The molecule has 35 valence electrons. The quantitative estimate of drug-likeness (QED) is 0.151. The molecule has 0 aliphatic rings. The van der Waals surface area contributed by atoms with Crippen LogP contribution in [0.5, 0.6) is 0 Å². The van der Waals surface area contributed by atoms with Gasteiger partial charge < -0.3 is 15.7 Å². The molecule has 1 radical (unpaired) electrons. The predicted molar refractivity (Wildman–Crippen MR) is 16.6 cm³/mol. The van der Waals surface area contributed by atoms with E-state index in [2.05, 4.69) is 5.84 Å². The zero-order valence-electron chi connectivity index (χ0n) is 3.06. The van der Waals surface area contributed by atoms with Crippen LogP contribution in [0.15, 0.2) is 0 Å². The van der Waals surface area contributed by atoms with Gasteiger partial charge in [0, 0.05) is 32.7 Å². The molecule has 6 heavy (non-hydrogen) atoms. The number of hydrogen-bond donors (Lipinski definition) is 2. The Kier molecular flexibility index (Phi) is 47.7. The maximum atomic E-state index is 8.81. The Morgan fingerprint density at radius 2 is 1.83 bits per heavy atom. The summed E-state index contributed by atoms with van der Waals surface area (Å²) < 4.78 is 0. The Hall–Kier alpha value is 0.494. The Labute approximate surface area is 60.6 Å². The molecule has 0 saturated carbocycles. The van der Waals surface area contributed by atoms with Crippen LogP contribution in [0.1, 0.15) is 0 Å². The molecule has 0 aliphatic carbocycles. The van der Waals surface area contributed by atoms with Crippen LogP contribution in [-0.2, 0) is 37.5 Å². The topological polar surface area (TPSA) is 86.6 Å². The first-order valence-corrected chi connectivity index (χ1v) is 0.743. The van der Waals surface area contributed by atoms with Crippen LogP contribution in [0.3, 0.4) is 0 Å². The SMILES string of the molecule is NN[C-]=O.O.[Y]. The van der Waals surface area contributed by atoms with Crippen LogP contribution in [-0.4, -0.2) is 11.9 Å². The molecule has 0 bridgehead atoms. The van der Waals surface area contributed by atoms with Gasteiger partial charge in [0.15, 0.2) is 0 Å². The largest absolute Gasteiger partial charge is 0.519 e. The van der Waals surface area contributed by atoms with E-state index in [9.17, 15) is 0 Å². The minimum atomic E-state index is 0. The van der Waals surface area contributed by atoms with Crippen molar-refractivity contribution in [1.82, 2.24) is 5.43 Å². The molecule has 4 nitrogen and oxygen atoms in total. The van der Waals surface area contributed by atoms with E-state index < -0.39 is 0 Å². The Morgan fingerprint density at radius 1 is 1.67 bits per heavy atom. The predicted octanol–water partition coefficient (Wildman–Crippen LogP) is -2.31. The Morgan fingerprint density at radius 3 is 1.83 bits per heavy atom. The molecule has 0 aromatic rings. The van der Waals surface area contributed by atoms with E-state index in [4.69, 9.17) is 4.79 Å². The van der Waals surface area contributed by atoms with Gasteiger partial charge in [0.25, 0.3) is 0 Å². The second-order valence-corrected chi connectivity index (χ2v) is 0.246. The fourth-order valence-electron chi connectivity index (χ4n) is 0. The van der Waals surface area contributed by atoms with Gasteiger partial charge in [-0.3, -0.25) is 5.84 Å². The van der Waals surface area contributed by atoms with Crippen molar-refractivity contribution < 1.29 is 43.0 Å². The third-order valence-corrected chi connectivity index (χ3v) is 0.0589. The van der Waals surface area contributed by atoms with Crippen LogP contribution in [0.4, 0.5) is 0 Å². The molecule has 0 aromatic heterocycles. The van der Waals surface area contributed by atoms with Gasteiger partial charge in [-0.25, -0.2) is 0 Å². The normalized spacial score (nSPS) is 3.50. The number of hydrazine groups is 1. The van der Waals surface area contributed by atoms with E-state index in [0.29, 0.717) is 0 Å².